The van der Waals surface area contributed by atoms with Crippen LogP contribution in [0.5, 0.6) is 0 Å². The summed E-state index contributed by atoms with van der Waals surface area (Å²) in [5.74, 6) is 0.103. The summed E-state index contributed by atoms with van der Waals surface area (Å²) in [4.78, 5) is 20.7. The van der Waals surface area contributed by atoms with Crippen LogP contribution in [0.25, 0.3) is 10.2 Å². The molecular formula is C14H17N3OS. The van der Waals surface area contributed by atoms with Crippen molar-refractivity contribution in [2.24, 2.45) is 0 Å². The van der Waals surface area contributed by atoms with Crippen molar-refractivity contribution in [1.29, 1.82) is 0 Å². The van der Waals surface area contributed by atoms with Crippen LogP contribution in [-0.4, -0.2) is 53.4 Å². The van der Waals surface area contributed by atoms with Gasteiger partial charge in [-0.3, -0.25) is 9.69 Å². The zero-order valence-corrected chi connectivity index (χ0v) is 11.7. The molecule has 3 rings (SSSR count). The Balaban J connectivity index is 1.64. The van der Waals surface area contributed by atoms with Crippen LogP contribution in [0.3, 0.4) is 0 Å². The summed E-state index contributed by atoms with van der Waals surface area (Å²) < 4.78 is 0. The molecule has 0 unspecified atom stereocenters. The molecule has 1 fully saturated rings. The number of nitrogens with zero attached hydrogens (tertiary/aromatic N) is 2. The summed E-state index contributed by atoms with van der Waals surface area (Å²) in [6.07, 6.45) is 1.89. The van der Waals surface area contributed by atoms with Gasteiger partial charge in [-0.05, 0) is 24.6 Å². The number of hydrogen-bond acceptors (Lipinski definition) is 3. The Hall–Kier alpha value is -1.59. The third-order valence-corrected chi connectivity index (χ3v) is 4.51. The number of H-pyrrole nitrogens is 1. The Kier molecular flexibility index (Phi) is 3.16. The average Bonchev–Trinajstić information content (AvgIpc) is 2.86. The van der Waals surface area contributed by atoms with Crippen LogP contribution in [0.15, 0.2) is 30.2 Å². The first-order chi connectivity index (χ1) is 9.19. The van der Waals surface area contributed by atoms with E-state index >= 15 is 0 Å². The van der Waals surface area contributed by atoms with Gasteiger partial charge in [0.1, 0.15) is 10.5 Å². The second kappa shape index (κ2) is 4.83. The van der Waals surface area contributed by atoms with E-state index in [1.807, 2.05) is 28.5 Å². The number of likely N-dealkylation sites (tertiary alicyclic amines) is 1. The monoisotopic (exact) mass is 275 g/mol. The van der Waals surface area contributed by atoms with Crippen LogP contribution in [0, 0.1) is 0 Å². The van der Waals surface area contributed by atoms with Crippen molar-refractivity contribution in [1.82, 2.24) is 14.8 Å². The van der Waals surface area contributed by atoms with Crippen LogP contribution >= 0.6 is 11.3 Å². The van der Waals surface area contributed by atoms with Crippen molar-refractivity contribution in [3.05, 3.63) is 35.9 Å². The standard InChI is InChI=1S/C14H17N3OS/c1-3-5-16(2)11-8-17(9-11)14(18)12-7-10-4-6-19-13(10)15-12/h3-4,6-7,11,15H,1,5,8-9H2,2H3. The molecule has 0 saturated carbocycles. The Morgan fingerprint density at radius 1 is 1.68 bits per heavy atom. The lowest BCUT2D eigenvalue weighted by Crippen LogP contribution is -2.60. The molecule has 5 heteroatoms. The van der Waals surface area contributed by atoms with Crippen LogP contribution in [0.2, 0.25) is 0 Å². The molecule has 1 aliphatic rings. The molecule has 1 saturated heterocycles. The summed E-state index contributed by atoms with van der Waals surface area (Å²) >= 11 is 1.63. The largest absolute Gasteiger partial charge is 0.342 e. The number of amides is 1. The van der Waals surface area contributed by atoms with E-state index in [0.29, 0.717) is 11.7 Å². The molecule has 1 N–H and O–H groups in total. The van der Waals surface area contributed by atoms with E-state index in [1.165, 1.54) is 0 Å². The molecule has 1 amide bonds. The first kappa shape index (κ1) is 12.4. The van der Waals surface area contributed by atoms with E-state index < -0.39 is 0 Å². The third-order valence-electron chi connectivity index (χ3n) is 3.66. The summed E-state index contributed by atoms with van der Waals surface area (Å²) in [5.41, 5.74) is 0.701. The Labute approximate surface area is 116 Å². The minimum atomic E-state index is 0.103. The molecule has 2 aromatic rings. The molecule has 100 valence electrons. The van der Waals surface area contributed by atoms with Gasteiger partial charge in [-0.1, -0.05) is 6.08 Å². The van der Waals surface area contributed by atoms with Gasteiger partial charge in [0.2, 0.25) is 0 Å². The number of carbonyl (C=O) groups excluding carboxylic acids is 1. The lowest BCUT2D eigenvalue weighted by atomic mass is 10.1. The first-order valence-corrected chi connectivity index (χ1v) is 7.23. The predicted octanol–water partition coefficient (Wildman–Crippen LogP) is 2.17. The minimum absolute atomic E-state index is 0.103. The normalized spacial score (nSPS) is 16.0. The van der Waals surface area contributed by atoms with Crippen molar-refractivity contribution in [2.45, 2.75) is 6.04 Å². The van der Waals surface area contributed by atoms with Gasteiger partial charge in [0.25, 0.3) is 5.91 Å². The molecule has 0 bridgehead atoms. The number of hydrogen-bond donors (Lipinski definition) is 1. The number of nitrogens with one attached hydrogen (secondary N) is 1. The van der Waals surface area contributed by atoms with Gasteiger partial charge >= 0.3 is 0 Å². The summed E-state index contributed by atoms with van der Waals surface area (Å²) in [6.45, 7) is 6.20. The van der Waals surface area contributed by atoms with E-state index in [2.05, 4.69) is 23.5 Å². The number of rotatable bonds is 4. The molecule has 19 heavy (non-hydrogen) atoms. The Morgan fingerprint density at radius 3 is 3.16 bits per heavy atom. The van der Waals surface area contributed by atoms with Crippen molar-refractivity contribution in [2.75, 3.05) is 26.7 Å². The topological polar surface area (TPSA) is 39.3 Å². The number of aromatic nitrogens is 1. The maximum Gasteiger partial charge on any atom is 0.270 e. The van der Waals surface area contributed by atoms with E-state index in [1.54, 1.807) is 11.3 Å². The minimum Gasteiger partial charge on any atom is -0.342 e. The first-order valence-electron chi connectivity index (χ1n) is 6.35. The number of likely N-dealkylation sites (N-methyl/N-ethyl adjacent to an activating group) is 1. The lowest BCUT2D eigenvalue weighted by Gasteiger charge is -2.43. The van der Waals surface area contributed by atoms with Crippen molar-refractivity contribution in [3.63, 3.8) is 0 Å². The molecule has 0 spiro atoms. The Morgan fingerprint density at radius 2 is 2.47 bits per heavy atom. The van der Waals surface area contributed by atoms with Crippen LogP contribution in [0.1, 0.15) is 10.5 Å². The molecule has 0 aromatic carbocycles. The van der Waals surface area contributed by atoms with Gasteiger partial charge in [-0.2, -0.15) is 0 Å². The fourth-order valence-electron chi connectivity index (χ4n) is 2.39. The summed E-state index contributed by atoms with van der Waals surface area (Å²) in [6, 6.07) is 4.43. The van der Waals surface area contributed by atoms with Crippen molar-refractivity contribution >= 4 is 27.5 Å². The molecule has 0 atom stereocenters. The lowest BCUT2D eigenvalue weighted by molar-refractivity contribution is 0.0363. The van der Waals surface area contributed by atoms with E-state index in [-0.39, 0.29) is 5.91 Å². The summed E-state index contributed by atoms with van der Waals surface area (Å²) in [7, 11) is 2.07. The van der Waals surface area contributed by atoms with Crippen LogP contribution < -0.4 is 0 Å². The van der Waals surface area contributed by atoms with E-state index in [0.717, 1.165) is 29.9 Å². The number of fused-ring (bicyclic) bond motifs is 1. The maximum atomic E-state index is 12.3. The number of thiophene rings is 1. The zero-order chi connectivity index (χ0) is 13.4. The molecule has 3 heterocycles. The smallest absolute Gasteiger partial charge is 0.270 e. The highest BCUT2D eigenvalue weighted by Crippen LogP contribution is 2.23. The number of aromatic amines is 1. The van der Waals surface area contributed by atoms with Gasteiger partial charge < -0.3 is 9.88 Å². The van der Waals surface area contributed by atoms with Gasteiger partial charge in [0.05, 0.1) is 0 Å². The molecule has 0 aliphatic carbocycles. The van der Waals surface area contributed by atoms with Crippen LogP contribution in [-0.2, 0) is 0 Å². The predicted molar refractivity (Wildman–Crippen MR) is 78.7 cm³/mol. The highest BCUT2D eigenvalue weighted by Gasteiger charge is 2.33. The quantitative estimate of drug-likeness (QED) is 0.869. The molecule has 0 radical (unpaired) electrons. The van der Waals surface area contributed by atoms with E-state index in [4.69, 9.17) is 0 Å². The van der Waals surface area contributed by atoms with Gasteiger partial charge in [-0.25, -0.2) is 0 Å². The van der Waals surface area contributed by atoms with Gasteiger partial charge in [-0.15, -0.1) is 17.9 Å². The highest BCUT2D eigenvalue weighted by molar-refractivity contribution is 7.16. The molecular weight excluding hydrogens is 258 g/mol. The maximum absolute atomic E-state index is 12.3. The fraction of sp³-hybridized carbons (Fsp3) is 0.357. The van der Waals surface area contributed by atoms with Crippen molar-refractivity contribution in [3.8, 4) is 0 Å². The fourth-order valence-corrected chi connectivity index (χ4v) is 3.17. The zero-order valence-electron chi connectivity index (χ0n) is 10.9. The molecule has 4 nitrogen and oxygen atoms in total. The second-order valence-corrected chi connectivity index (χ2v) is 5.90. The van der Waals surface area contributed by atoms with Gasteiger partial charge in [0.15, 0.2) is 0 Å². The second-order valence-electron chi connectivity index (χ2n) is 4.98. The van der Waals surface area contributed by atoms with E-state index in [9.17, 15) is 4.79 Å². The average molecular weight is 275 g/mol. The number of carbonyl (C=O) groups is 1. The van der Waals surface area contributed by atoms with Crippen LogP contribution in [0.4, 0.5) is 0 Å². The Bertz CT molecular complexity index is 581. The highest BCUT2D eigenvalue weighted by atomic mass is 32.1. The molecule has 2 aromatic heterocycles. The summed E-state index contributed by atoms with van der Waals surface area (Å²) in [5, 5.41) is 3.15. The molecule has 1 aliphatic heterocycles. The van der Waals surface area contributed by atoms with Crippen molar-refractivity contribution < 1.29 is 4.79 Å². The third kappa shape index (κ3) is 2.19. The SMILES string of the molecule is C=CCN(C)C1CN(C(=O)c2cc3ccsc3[nH]2)C1. The van der Waals surface area contributed by atoms with Gasteiger partial charge in [0, 0.05) is 31.1 Å².